The molecule has 0 aliphatic rings. The van der Waals surface area contributed by atoms with Crippen LogP contribution in [0.1, 0.15) is 30.7 Å². The van der Waals surface area contributed by atoms with E-state index in [1.807, 2.05) is 0 Å². The van der Waals surface area contributed by atoms with Crippen molar-refractivity contribution >= 4 is 27.8 Å². The second kappa shape index (κ2) is 5.23. The Bertz CT molecular complexity index is 369. The summed E-state index contributed by atoms with van der Waals surface area (Å²) in [5.41, 5.74) is 1.75. The summed E-state index contributed by atoms with van der Waals surface area (Å²) in [6.45, 7) is 2.20. The molecule has 0 aliphatic carbocycles. The number of rotatable bonds is 5. The molecule has 0 radical (unpaired) electrons. The standard InChI is InChI=1S/C10H13N3S2/c1-2-4-8(9-5-3-6-14-9)12-10-13-11-7-15-10/h3,5-8H,2,4H2,1H3,(H,12,13). The normalized spacial score (nSPS) is 12.6. The van der Waals surface area contributed by atoms with E-state index in [9.17, 15) is 0 Å². The summed E-state index contributed by atoms with van der Waals surface area (Å²) in [4.78, 5) is 1.37. The molecule has 2 heterocycles. The summed E-state index contributed by atoms with van der Waals surface area (Å²) < 4.78 is 0. The molecule has 80 valence electrons. The first-order valence-corrected chi connectivity index (χ1v) is 6.72. The van der Waals surface area contributed by atoms with Gasteiger partial charge in [-0.25, -0.2) is 0 Å². The molecule has 0 saturated carbocycles. The molecule has 0 saturated heterocycles. The van der Waals surface area contributed by atoms with Crippen LogP contribution in [-0.2, 0) is 0 Å². The molecule has 2 rings (SSSR count). The first-order chi connectivity index (χ1) is 7.40. The molecule has 3 nitrogen and oxygen atoms in total. The van der Waals surface area contributed by atoms with E-state index >= 15 is 0 Å². The maximum atomic E-state index is 4.01. The van der Waals surface area contributed by atoms with E-state index in [0.29, 0.717) is 6.04 Å². The van der Waals surface area contributed by atoms with Gasteiger partial charge in [0.15, 0.2) is 0 Å². The third kappa shape index (κ3) is 2.76. The summed E-state index contributed by atoms with van der Waals surface area (Å²) in [7, 11) is 0. The zero-order chi connectivity index (χ0) is 10.5. The number of hydrogen-bond acceptors (Lipinski definition) is 5. The highest BCUT2D eigenvalue weighted by atomic mass is 32.1. The van der Waals surface area contributed by atoms with Gasteiger partial charge in [0.25, 0.3) is 0 Å². The number of thiophene rings is 1. The summed E-state index contributed by atoms with van der Waals surface area (Å²) >= 11 is 3.33. The molecule has 1 unspecified atom stereocenters. The van der Waals surface area contributed by atoms with Gasteiger partial charge in [-0.3, -0.25) is 0 Å². The number of anilines is 1. The third-order valence-electron chi connectivity index (χ3n) is 2.12. The largest absolute Gasteiger partial charge is 0.352 e. The van der Waals surface area contributed by atoms with Crippen LogP contribution in [0.15, 0.2) is 23.0 Å². The first-order valence-electron chi connectivity index (χ1n) is 4.96. The lowest BCUT2D eigenvalue weighted by Crippen LogP contribution is -2.08. The van der Waals surface area contributed by atoms with Gasteiger partial charge in [0, 0.05) is 4.88 Å². The quantitative estimate of drug-likeness (QED) is 0.867. The first kappa shape index (κ1) is 10.6. The van der Waals surface area contributed by atoms with Crippen LogP contribution in [0.25, 0.3) is 0 Å². The van der Waals surface area contributed by atoms with E-state index in [1.165, 1.54) is 4.88 Å². The van der Waals surface area contributed by atoms with Crippen molar-refractivity contribution in [2.45, 2.75) is 25.8 Å². The van der Waals surface area contributed by atoms with Crippen molar-refractivity contribution in [3.05, 3.63) is 27.9 Å². The van der Waals surface area contributed by atoms with Crippen molar-refractivity contribution in [3.63, 3.8) is 0 Å². The van der Waals surface area contributed by atoms with Crippen molar-refractivity contribution in [1.29, 1.82) is 0 Å². The Balaban J connectivity index is 2.07. The molecule has 5 heteroatoms. The molecular weight excluding hydrogens is 226 g/mol. The predicted molar refractivity (Wildman–Crippen MR) is 65.5 cm³/mol. The minimum absolute atomic E-state index is 0.378. The Hall–Kier alpha value is -0.940. The van der Waals surface area contributed by atoms with Gasteiger partial charge in [-0.05, 0) is 17.9 Å². The number of aromatic nitrogens is 2. The molecular formula is C10H13N3S2. The van der Waals surface area contributed by atoms with Crippen LogP contribution in [0, 0.1) is 0 Å². The molecule has 15 heavy (non-hydrogen) atoms. The third-order valence-corrected chi connectivity index (χ3v) is 3.73. The van der Waals surface area contributed by atoms with Crippen molar-refractivity contribution < 1.29 is 0 Å². The zero-order valence-corrected chi connectivity index (χ0v) is 10.1. The van der Waals surface area contributed by atoms with Gasteiger partial charge in [-0.1, -0.05) is 30.7 Å². The van der Waals surface area contributed by atoms with E-state index in [0.717, 1.165) is 18.0 Å². The fourth-order valence-corrected chi connectivity index (χ4v) is 2.76. The Morgan fingerprint density at radius 3 is 3.00 bits per heavy atom. The smallest absolute Gasteiger partial charge is 0.205 e. The van der Waals surface area contributed by atoms with Crippen molar-refractivity contribution in [2.75, 3.05) is 5.32 Å². The number of nitrogens with zero attached hydrogens (tertiary/aromatic N) is 2. The predicted octanol–water partition coefficient (Wildman–Crippen LogP) is 3.55. The second-order valence-electron chi connectivity index (χ2n) is 3.24. The minimum atomic E-state index is 0.378. The molecule has 0 aromatic carbocycles. The van der Waals surface area contributed by atoms with Gasteiger partial charge in [0.05, 0.1) is 6.04 Å². The minimum Gasteiger partial charge on any atom is -0.352 e. The lowest BCUT2D eigenvalue weighted by Gasteiger charge is -2.15. The Morgan fingerprint density at radius 2 is 2.40 bits per heavy atom. The molecule has 2 aromatic heterocycles. The van der Waals surface area contributed by atoms with E-state index in [-0.39, 0.29) is 0 Å². The highest BCUT2D eigenvalue weighted by molar-refractivity contribution is 7.13. The lowest BCUT2D eigenvalue weighted by molar-refractivity contribution is 0.685. The van der Waals surface area contributed by atoms with Crippen LogP contribution in [0.4, 0.5) is 5.13 Å². The molecule has 0 amide bonds. The molecule has 2 aromatic rings. The van der Waals surface area contributed by atoms with Crippen LogP contribution in [0.5, 0.6) is 0 Å². The topological polar surface area (TPSA) is 37.8 Å². The summed E-state index contributed by atoms with van der Waals surface area (Å²) in [6.07, 6.45) is 2.29. The van der Waals surface area contributed by atoms with Crippen LogP contribution >= 0.6 is 22.7 Å². The highest BCUT2D eigenvalue weighted by Crippen LogP contribution is 2.27. The van der Waals surface area contributed by atoms with Crippen molar-refractivity contribution in [3.8, 4) is 0 Å². The molecule has 1 atom stereocenters. The maximum Gasteiger partial charge on any atom is 0.205 e. The Morgan fingerprint density at radius 1 is 1.47 bits per heavy atom. The fourth-order valence-electron chi connectivity index (χ4n) is 1.45. The van der Waals surface area contributed by atoms with Crippen molar-refractivity contribution in [1.82, 2.24) is 10.2 Å². The highest BCUT2D eigenvalue weighted by Gasteiger charge is 2.12. The van der Waals surface area contributed by atoms with Crippen LogP contribution in [-0.4, -0.2) is 10.2 Å². The number of nitrogens with one attached hydrogen (secondary N) is 1. The summed E-state index contributed by atoms with van der Waals surface area (Å²) in [6, 6.07) is 4.63. The SMILES string of the molecule is CCCC(Nc1nncs1)c1cccs1. The molecule has 0 bridgehead atoms. The van der Waals surface area contributed by atoms with Gasteiger partial charge in [0.1, 0.15) is 5.51 Å². The van der Waals surface area contributed by atoms with Crippen LogP contribution in [0.2, 0.25) is 0 Å². The van der Waals surface area contributed by atoms with Gasteiger partial charge in [0.2, 0.25) is 5.13 Å². The summed E-state index contributed by atoms with van der Waals surface area (Å²) in [5, 5.41) is 14.3. The monoisotopic (exact) mass is 239 g/mol. The van der Waals surface area contributed by atoms with Gasteiger partial charge < -0.3 is 5.32 Å². The molecule has 1 N–H and O–H groups in total. The lowest BCUT2D eigenvalue weighted by atomic mass is 10.1. The second-order valence-corrected chi connectivity index (χ2v) is 5.06. The van der Waals surface area contributed by atoms with E-state index in [4.69, 9.17) is 0 Å². The Kier molecular flexibility index (Phi) is 3.69. The van der Waals surface area contributed by atoms with E-state index < -0.39 is 0 Å². The zero-order valence-electron chi connectivity index (χ0n) is 8.51. The Labute approximate surface area is 97.2 Å². The van der Waals surface area contributed by atoms with Crippen molar-refractivity contribution in [2.24, 2.45) is 0 Å². The summed E-state index contributed by atoms with van der Waals surface area (Å²) in [5.74, 6) is 0. The van der Waals surface area contributed by atoms with Gasteiger partial charge in [-0.2, -0.15) is 0 Å². The van der Waals surface area contributed by atoms with E-state index in [2.05, 4.69) is 40.0 Å². The van der Waals surface area contributed by atoms with Crippen LogP contribution in [0.3, 0.4) is 0 Å². The van der Waals surface area contributed by atoms with Gasteiger partial charge >= 0.3 is 0 Å². The average Bonchev–Trinajstić information content (AvgIpc) is 2.89. The molecule has 0 fully saturated rings. The van der Waals surface area contributed by atoms with Gasteiger partial charge in [-0.15, -0.1) is 21.5 Å². The molecule has 0 spiro atoms. The van der Waals surface area contributed by atoms with E-state index in [1.54, 1.807) is 28.2 Å². The van der Waals surface area contributed by atoms with Crippen LogP contribution < -0.4 is 5.32 Å². The molecule has 0 aliphatic heterocycles. The average molecular weight is 239 g/mol. The number of hydrogen-bond donors (Lipinski definition) is 1. The maximum absolute atomic E-state index is 4.01. The fraction of sp³-hybridized carbons (Fsp3) is 0.400.